The number of rotatable bonds is 3. The van der Waals surface area contributed by atoms with Crippen LogP contribution < -0.4 is 5.32 Å². The molecule has 1 saturated carbocycles. The summed E-state index contributed by atoms with van der Waals surface area (Å²) in [7, 11) is 0. The maximum atomic E-state index is 10.6. The second-order valence-corrected chi connectivity index (χ2v) is 2.77. The monoisotopic (exact) mass is 143 g/mol. The first-order chi connectivity index (χ1) is 4.71. The van der Waals surface area contributed by atoms with Crippen LogP contribution in [-0.4, -0.2) is 23.2 Å². The van der Waals surface area contributed by atoms with E-state index in [1.807, 2.05) is 6.92 Å². The van der Waals surface area contributed by atoms with E-state index in [0.29, 0.717) is 0 Å². The molecule has 0 spiro atoms. The van der Waals surface area contributed by atoms with E-state index in [4.69, 9.17) is 5.11 Å². The molecule has 58 valence electrons. The van der Waals surface area contributed by atoms with Crippen LogP contribution in [-0.2, 0) is 4.79 Å². The van der Waals surface area contributed by atoms with Crippen molar-refractivity contribution in [3.8, 4) is 0 Å². The zero-order chi connectivity index (χ0) is 7.61. The molecule has 1 aliphatic rings. The van der Waals surface area contributed by atoms with Crippen molar-refractivity contribution in [2.24, 2.45) is 0 Å². The standard InChI is InChI=1S/C7H13NO2/c1-2-8-7(6(9)10)4-3-5-7/h8H,2-5H2,1H3,(H,9,10). The molecule has 1 fully saturated rings. The third-order valence-electron chi connectivity index (χ3n) is 2.13. The van der Waals surface area contributed by atoms with Gasteiger partial charge < -0.3 is 10.4 Å². The molecule has 0 radical (unpaired) electrons. The van der Waals surface area contributed by atoms with Crippen molar-refractivity contribution in [3.05, 3.63) is 0 Å². The van der Waals surface area contributed by atoms with E-state index in [1.165, 1.54) is 0 Å². The van der Waals surface area contributed by atoms with Gasteiger partial charge in [-0.25, -0.2) is 0 Å². The summed E-state index contributed by atoms with van der Waals surface area (Å²) in [6, 6.07) is 0. The van der Waals surface area contributed by atoms with Crippen LogP contribution in [0.5, 0.6) is 0 Å². The van der Waals surface area contributed by atoms with Crippen molar-refractivity contribution in [3.63, 3.8) is 0 Å². The average molecular weight is 143 g/mol. The molecule has 0 aromatic carbocycles. The van der Waals surface area contributed by atoms with Crippen LogP contribution >= 0.6 is 0 Å². The molecule has 0 heterocycles. The zero-order valence-corrected chi connectivity index (χ0v) is 6.18. The van der Waals surface area contributed by atoms with Gasteiger partial charge in [-0.05, 0) is 25.8 Å². The minimum absolute atomic E-state index is 0.561. The number of hydrogen-bond acceptors (Lipinski definition) is 2. The summed E-state index contributed by atoms with van der Waals surface area (Å²) < 4.78 is 0. The molecule has 0 bridgehead atoms. The normalized spacial score (nSPS) is 21.7. The lowest BCUT2D eigenvalue weighted by Crippen LogP contribution is -2.56. The summed E-state index contributed by atoms with van der Waals surface area (Å²) in [5, 5.41) is 11.7. The number of hydrogen-bond donors (Lipinski definition) is 2. The van der Waals surface area contributed by atoms with Gasteiger partial charge in [0.25, 0.3) is 0 Å². The van der Waals surface area contributed by atoms with E-state index in [9.17, 15) is 4.79 Å². The summed E-state index contributed by atoms with van der Waals surface area (Å²) in [4.78, 5) is 10.6. The topological polar surface area (TPSA) is 49.3 Å². The summed E-state index contributed by atoms with van der Waals surface area (Å²) in [6.07, 6.45) is 2.62. The summed E-state index contributed by atoms with van der Waals surface area (Å²) >= 11 is 0. The predicted molar refractivity (Wildman–Crippen MR) is 37.9 cm³/mol. The third-order valence-corrected chi connectivity index (χ3v) is 2.13. The molecule has 0 aromatic heterocycles. The second kappa shape index (κ2) is 2.58. The van der Waals surface area contributed by atoms with Crippen LogP contribution in [0.25, 0.3) is 0 Å². The quantitative estimate of drug-likeness (QED) is 0.608. The van der Waals surface area contributed by atoms with E-state index >= 15 is 0 Å². The zero-order valence-electron chi connectivity index (χ0n) is 6.18. The van der Waals surface area contributed by atoms with Crippen LogP contribution in [0.1, 0.15) is 26.2 Å². The fraction of sp³-hybridized carbons (Fsp3) is 0.857. The van der Waals surface area contributed by atoms with Crippen molar-refractivity contribution in [2.45, 2.75) is 31.7 Å². The van der Waals surface area contributed by atoms with Crippen molar-refractivity contribution in [2.75, 3.05) is 6.54 Å². The minimum atomic E-state index is -0.694. The van der Waals surface area contributed by atoms with Gasteiger partial charge in [0.1, 0.15) is 5.54 Å². The molecule has 1 aliphatic carbocycles. The van der Waals surface area contributed by atoms with Gasteiger partial charge in [0.2, 0.25) is 0 Å². The molecule has 2 N–H and O–H groups in total. The van der Waals surface area contributed by atoms with Gasteiger partial charge in [0.05, 0.1) is 0 Å². The molecule has 0 amide bonds. The highest BCUT2D eigenvalue weighted by Crippen LogP contribution is 2.31. The molecule has 0 aliphatic heterocycles. The Morgan fingerprint density at radius 1 is 1.70 bits per heavy atom. The second-order valence-electron chi connectivity index (χ2n) is 2.77. The first-order valence-electron chi connectivity index (χ1n) is 3.70. The van der Waals surface area contributed by atoms with E-state index in [0.717, 1.165) is 25.8 Å². The fourth-order valence-corrected chi connectivity index (χ4v) is 1.33. The maximum absolute atomic E-state index is 10.6. The Labute approximate surface area is 60.4 Å². The Kier molecular flexibility index (Phi) is 1.94. The van der Waals surface area contributed by atoms with Crippen molar-refractivity contribution < 1.29 is 9.90 Å². The van der Waals surface area contributed by atoms with Gasteiger partial charge in [-0.2, -0.15) is 0 Å². The predicted octanol–water partition coefficient (Wildman–Crippen LogP) is 0.603. The lowest BCUT2D eigenvalue weighted by molar-refractivity contribution is -0.148. The summed E-state index contributed by atoms with van der Waals surface area (Å²) in [5.74, 6) is -0.694. The minimum Gasteiger partial charge on any atom is -0.480 e. The van der Waals surface area contributed by atoms with Crippen molar-refractivity contribution >= 4 is 5.97 Å². The molecule has 3 heteroatoms. The van der Waals surface area contributed by atoms with Gasteiger partial charge in [-0.3, -0.25) is 4.79 Å². The number of nitrogens with one attached hydrogen (secondary N) is 1. The highest BCUT2D eigenvalue weighted by Gasteiger charge is 2.43. The Hall–Kier alpha value is -0.570. The van der Waals surface area contributed by atoms with E-state index in [-0.39, 0.29) is 0 Å². The SMILES string of the molecule is CCNC1(C(=O)O)CCC1. The number of carbonyl (C=O) groups is 1. The Morgan fingerprint density at radius 3 is 2.40 bits per heavy atom. The lowest BCUT2D eigenvalue weighted by atomic mass is 9.77. The fourth-order valence-electron chi connectivity index (χ4n) is 1.33. The molecule has 0 unspecified atom stereocenters. The van der Waals surface area contributed by atoms with Crippen LogP contribution in [0, 0.1) is 0 Å². The van der Waals surface area contributed by atoms with Gasteiger partial charge in [-0.1, -0.05) is 6.92 Å². The first-order valence-corrected chi connectivity index (χ1v) is 3.70. The van der Waals surface area contributed by atoms with Crippen LogP contribution in [0.3, 0.4) is 0 Å². The van der Waals surface area contributed by atoms with Crippen LogP contribution in [0.15, 0.2) is 0 Å². The van der Waals surface area contributed by atoms with Crippen molar-refractivity contribution in [1.29, 1.82) is 0 Å². The Balaban J connectivity index is 2.50. The third kappa shape index (κ3) is 1.01. The van der Waals surface area contributed by atoms with Crippen LogP contribution in [0.2, 0.25) is 0 Å². The smallest absolute Gasteiger partial charge is 0.323 e. The maximum Gasteiger partial charge on any atom is 0.323 e. The molecule has 0 atom stereocenters. The Bertz CT molecular complexity index is 141. The lowest BCUT2D eigenvalue weighted by Gasteiger charge is -2.38. The number of carboxylic acids is 1. The van der Waals surface area contributed by atoms with E-state index in [1.54, 1.807) is 0 Å². The first kappa shape index (κ1) is 7.54. The van der Waals surface area contributed by atoms with Crippen molar-refractivity contribution in [1.82, 2.24) is 5.32 Å². The average Bonchev–Trinajstić information content (AvgIpc) is 1.77. The molecule has 0 saturated heterocycles. The molecule has 10 heavy (non-hydrogen) atoms. The van der Waals surface area contributed by atoms with Gasteiger partial charge in [0, 0.05) is 0 Å². The summed E-state index contributed by atoms with van der Waals surface area (Å²) in [5.41, 5.74) is -0.561. The van der Waals surface area contributed by atoms with Crippen LogP contribution in [0.4, 0.5) is 0 Å². The van der Waals surface area contributed by atoms with Gasteiger partial charge in [-0.15, -0.1) is 0 Å². The molecule has 3 nitrogen and oxygen atoms in total. The largest absolute Gasteiger partial charge is 0.480 e. The number of carboxylic acid groups (broad SMARTS) is 1. The van der Waals surface area contributed by atoms with Gasteiger partial charge >= 0.3 is 5.97 Å². The highest BCUT2D eigenvalue weighted by molar-refractivity contribution is 5.79. The van der Waals surface area contributed by atoms with E-state index in [2.05, 4.69) is 5.32 Å². The molecular weight excluding hydrogens is 130 g/mol. The summed E-state index contributed by atoms with van der Waals surface area (Å²) in [6.45, 7) is 2.68. The highest BCUT2D eigenvalue weighted by atomic mass is 16.4. The van der Waals surface area contributed by atoms with E-state index < -0.39 is 11.5 Å². The molecular formula is C7H13NO2. The number of likely N-dealkylation sites (N-methyl/N-ethyl adjacent to an activating group) is 1. The molecule has 1 rings (SSSR count). The molecule has 0 aromatic rings. The van der Waals surface area contributed by atoms with Gasteiger partial charge in [0.15, 0.2) is 0 Å². The number of aliphatic carboxylic acids is 1. The Morgan fingerprint density at radius 2 is 2.30 bits per heavy atom.